The first kappa shape index (κ1) is 18.1. The molecule has 3 rings (SSSR count). The summed E-state index contributed by atoms with van der Waals surface area (Å²) in [6.45, 7) is 2.78. The van der Waals surface area contributed by atoms with E-state index in [9.17, 15) is 14.0 Å². The van der Waals surface area contributed by atoms with Gasteiger partial charge in [-0.05, 0) is 30.7 Å². The van der Waals surface area contributed by atoms with Crippen LogP contribution < -0.4 is 10.9 Å². The molecule has 0 saturated carbocycles. The van der Waals surface area contributed by atoms with E-state index in [1.54, 1.807) is 23.6 Å². The second kappa shape index (κ2) is 7.65. The van der Waals surface area contributed by atoms with E-state index < -0.39 is 0 Å². The Labute approximate surface area is 149 Å². The fourth-order valence-electron chi connectivity index (χ4n) is 2.96. The Hall–Kier alpha value is -2.74. The second-order valence-electron chi connectivity index (χ2n) is 6.00. The number of amides is 1. The molecule has 0 unspecified atom stereocenters. The van der Waals surface area contributed by atoms with Gasteiger partial charge >= 0.3 is 0 Å². The number of aryl methyl sites for hydroxylation is 1. The van der Waals surface area contributed by atoms with Crippen molar-refractivity contribution in [1.82, 2.24) is 19.5 Å². The molecule has 0 spiro atoms. The molecule has 8 heteroatoms. The number of halogens is 1. The molecule has 0 bridgehead atoms. The number of ether oxygens (including phenoxy) is 1. The minimum atomic E-state index is -0.383. The van der Waals surface area contributed by atoms with E-state index in [0.29, 0.717) is 42.7 Å². The van der Waals surface area contributed by atoms with Crippen molar-refractivity contribution in [2.45, 2.75) is 26.3 Å². The van der Waals surface area contributed by atoms with Crippen molar-refractivity contribution >= 4 is 22.3 Å². The van der Waals surface area contributed by atoms with Crippen molar-refractivity contribution < 1.29 is 13.9 Å². The van der Waals surface area contributed by atoms with Crippen molar-refractivity contribution in [1.29, 1.82) is 0 Å². The van der Waals surface area contributed by atoms with Gasteiger partial charge < -0.3 is 10.1 Å². The number of aromatic nitrogens is 3. The highest BCUT2D eigenvalue weighted by Crippen LogP contribution is 2.20. The lowest BCUT2D eigenvalue weighted by atomic mass is 10.2. The smallest absolute Gasteiger partial charge is 0.291 e. The molecular weight excluding hydrogens is 339 g/mol. The van der Waals surface area contributed by atoms with Crippen molar-refractivity contribution in [2.24, 2.45) is 0 Å². The predicted octanol–water partition coefficient (Wildman–Crippen LogP) is 1.50. The Bertz CT molecular complexity index is 1010. The summed E-state index contributed by atoms with van der Waals surface area (Å²) in [4.78, 5) is 24.8. The van der Waals surface area contributed by atoms with Crippen LogP contribution in [0.5, 0.6) is 0 Å². The van der Waals surface area contributed by atoms with Crippen LogP contribution in [0.15, 0.2) is 29.1 Å². The minimum Gasteiger partial charge on any atom is -0.385 e. The zero-order chi connectivity index (χ0) is 18.7. The van der Waals surface area contributed by atoms with Gasteiger partial charge in [-0.2, -0.15) is 5.10 Å². The molecule has 2 aromatic heterocycles. The van der Waals surface area contributed by atoms with E-state index >= 15 is 0 Å². The van der Waals surface area contributed by atoms with E-state index in [4.69, 9.17) is 4.74 Å². The zero-order valence-corrected chi connectivity index (χ0v) is 14.8. The van der Waals surface area contributed by atoms with E-state index in [0.717, 1.165) is 10.2 Å². The van der Waals surface area contributed by atoms with E-state index in [1.165, 1.54) is 12.1 Å². The number of benzene rings is 1. The van der Waals surface area contributed by atoms with Gasteiger partial charge in [0.15, 0.2) is 0 Å². The number of hydrogen-bond donors (Lipinski definition) is 1. The number of methoxy groups -OCH3 is 1. The number of hydrogen-bond acceptors (Lipinski definition) is 4. The molecule has 0 aliphatic rings. The predicted molar refractivity (Wildman–Crippen MR) is 95.8 cm³/mol. The highest BCUT2D eigenvalue weighted by Gasteiger charge is 2.15. The minimum absolute atomic E-state index is 0.162. The maximum absolute atomic E-state index is 13.5. The lowest BCUT2D eigenvalue weighted by Crippen LogP contribution is -2.35. The van der Waals surface area contributed by atoms with Gasteiger partial charge in [-0.25, -0.2) is 9.07 Å². The molecule has 0 fully saturated rings. The highest BCUT2D eigenvalue weighted by molar-refractivity contribution is 5.87. The number of carbonyl (C=O) groups is 1. The molecule has 26 heavy (non-hydrogen) atoms. The van der Waals surface area contributed by atoms with Gasteiger partial charge in [0.1, 0.15) is 23.7 Å². The third kappa shape index (κ3) is 3.45. The first-order valence-corrected chi connectivity index (χ1v) is 8.51. The number of carbonyl (C=O) groups excluding carboxylic acids is 1. The van der Waals surface area contributed by atoms with Gasteiger partial charge in [-0.3, -0.25) is 14.0 Å². The molecule has 0 saturated heterocycles. The molecule has 0 radical (unpaired) electrons. The number of nitrogens with one attached hydrogen (secondary N) is 1. The molecule has 1 amide bonds. The largest absolute Gasteiger partial charge is 0.385 e. The van der Waals surface area contributed by atoms with Gasteiger partial charge in [0.2, 0.25) is 5.91 Å². The highest BCUT2D eigenvalue weighted by atomic mass is 19.1. The summed E-state index contributed by atoms with van der Waals surface area (Å²) in [7, 11) is 1.60. The molecule has 0 atom stereocenters. The Kier molecular flexibility index (Phi) is 5.32. The van der Waals surface area contributed by atoms with Crippen LogP contribution in [0.1, 0.15) is 19.2 Å². The fourth-order valence-corrected chi connectivity index (χ4v) is 2.96. The van der Waals surface area contributed by atoms with E-state index in [2.05, 4.69) is 10.4 Å². The van der Waals surface area contributed by atoms with Crippen molar-refractivity contribution in [3.05, 3.63) is 46.3 Å². The SMILES string of the molecule is CCc1nn(CC(=O)NCCCOC)c(=O)c2cc3cc(F)ccc3n12. The third-order valence-corrected chi connectivity index (χ3v) is 4.17. The van der Waals surface area contributed by atoms with Crippen LogP contribution in [0.3, 0.4) is 0 Å². The van der Waals surface area contributed by atoms with Crippen LogP contribution in [0.4, 0.5) is 4.39 Å². The lowest BCUT2D eigenvalue weighted by molar-refractivity contribution is -0.121. The molecule has 7 nitrogen and oxygen atoms in total. The van der Waals surface area contributed by atoms with Crippen LogP contribution in [0, 0.1) is 5.82 Å². The van der Waals surface area contributed by atoms with Crippen LogP contribution in [-0.4, -0.2) is 40.3 Å². The molecule has 138 valence electrons. The Balaban J connectivity index is 1.97. The normalized spacial score (nSPS) is 11.3. The summed E-state index contributed by atoms with van der Waals surface area (Å²) >= 11 is 0. The average Bonchev–Trinajstić information content (AvgIpc) is 3.00. The molecule has 1 N–H and O–H groups in total. The topological polar surface area (TPSA) is 77.6 Å². The average molecular weight is 360 g/mol. The Morgan fingerprint density at radius 2 is 2.12 bits per heavy atom. The van der Waals surface area contributed by atoms with Crippen LogP contribution in [-0.2, 0) is 22.5 Å². The second-order valence-corrected chi connectivity index (χ2v) is 6.00. The van der Waals surface area contributed by atoms with Gasteiger partial charge in [0, 0.05) is 32.1 Å². The summed E-state index contributed by atoms with van der Waals surface area (Å²) in [5.74, 6) is -0.0205. The summed E-state index contributed by atoms with van der Waals surface area (Å²) in [5, 5.41) is 7.70. The van der Waals surface area contributed by atoms with Gasteiger partial charge in [-0.1, -0.05) is 6.92 Å². The first-order valence-electron chi connectivity index (χ1n) is 8.51. The standard InChI is InChI=1S/C18H21FN4O3/c1-3-16-21-22(11-17(24)20-7-4-8-26-2)18(25)15-10-12-9-13(19)5-6-14(12)23(15)16/h5-6,9-10H,3-4,7-8,11H2,1-2H3,(H,20,24). The third-order valence-electron chi connectivity index (χ3n) is 4.17. The van der Waals surface area contributed by atoms with Crippen molar-refractivity contribution in [3.8, 4) is 0 Å². The number of rotatable bonds is 7. The van der Waals surface area contributed by atoms with Gasteiger partial charge in [0.05, 0.1) is 5.52 Å². The van der Waals surface area contributed by atoms with Crippen molar-refractivity contribution in [3.63, 3.8) is 0 Å². The van der Waals surface area contributed by atoms with Crippen LogP contribution in [0.2, 0.25) is 0 Å². The van der Waals surface area contributed by atoms with Gasteiger partial charge in [0.25, 0.3) is 5.56 Å². The summed E-state index contributed by atoms with van der Waals surface area (Å²) in [6, 6.07) is 6.00. The number of fused-ring (bicyclic) bond motifs is 3. The summed E-state index contributed by atoms with van der Waals surface area (Å²) < 4.78 is 21.3. The molecule has 0 aliphatic heterocycles. The Morgan fingerprint density at radius 1 is 1.31 bits per heavy atom. The lowest BCUT2D eigenvalue weighted by Gasteiger charge is -2.10. The maximum atomic E-state index is 13.5. The fraction of sp³-hybridized carbons (Fsp3) is 0.389. The van der Waals surface area contributed by atoms with E-state index in [1.807, 2.05) is 6.92 Å². The molecule has 3 aromatic rings. The van der Waals surface area contributed by atoms with Gasteiger partial charge in [-0.15, -0.1) is 0 Å². The Morgan fingerprint density at radius 3 is 2.85 bits per heavy atom. The summed E-state index contributed by atoms with van der Waals surface area (Å²) in [6.07, 6.45) is 1.26. The molecule has 2 heterocycles. The first-order chi connectivity index (χ1) is 12.5. The molecule has 0 aliphatic carbocycles. The van der Waals surface area contributed by atoms with E-state index in [-0.39, 0.29) is 23.8 Å². The maximum Gasteiger partial charge on any atom is 0.291 e. The van der Waals surface area contributed by atoms with Crippen LogP contribution >= 0.6 is 0 Å². The molecule has 1 aromatic carbocycles. The summed E-state index contributed by atoms with van der Waals surface area (Å²) in [5.41, 5.74) is 0.717. The monoisotopic (exact) mass is 360 g/mol. The van der Waals surface area contributed by atoms with Crippen LogP contribution in [0.25, 0.3) is 16.4 Å². The number of nitrogens with zero attached hydrogens (tertiary/aromatic N) is 3. The van der Waals surface area contributed by atoms with Crippen molar-refractivity contribution in [2.75, 3.05) is 20.3 Å². The quantitative estimate of drug-likeness (QED) is 0.648. The molecular formula is C18H21FN4O3. The zero-order valence-electron chi connectivity index (χ0n) is 14.8.